The monoisotopic (exact) mass is 304 g/mol. The Morgan fingerprint density at radius 1 is 1.31 bits per heavy atom. The Morgan fingerprint density at radius 2 is 1.81 bits per heavy atom. The van der Waals surface area contributed by atoms with Gasteiger partial charge in [0.1, 0.15) is 5.25 Å². The molecule has 0 spiro atoms. The van der Waals surface area contributed by atoms with Crippen LogP contribution in [0.2, 0.25) is 0 Å². The van der Waals surface area contributed by atoms with Gasteiger partial charge in [-0.1, -0.05) is 28.1 Å². The van der Waals surface area contributed by atoms with Crippen molar-refractivity contribution in [1.29, 1.82) is 0 Å². The number of halogens is 1. The van der Waals surface area contributed by atoms with Crippen molar-refractivity contribution in [3.8, 4) is 0 Å². The lowest BCUT2D eigenvalue weighted by atomic mass is 10.1. The predicted octanol–water partition coefficient (Wildman–Crippen LogP) is 1.99. The van der Waals surface area contributed by atoms with Crippen molar-refractivity contribution >= 4 is 31.6 Å². The van der Waals surface area contributed by atoms with Gasteiger partial charge in [0.15, 0.2) is 15.6 Å². The van der Waals surface area contributed by atoms with Crippen molar-refractivity contribution < 1.29 is 13.2 Å². The van der Waals surface area contributed by atoms with Crippen LogP contribution in [0.5, 0.6) is 0 Å². The van der Waals surface area contributed by atoms with Crippen LogP contribution >= 0.6 is 15.9 Å². The molecular formula is C11H13BrO3S. The summed E-state index contributed by atoms with van der Waals surface area (Å²) in [5, 5.41) is -0.934. The van der Waals surface area contributed by atoms with E-state index in [0.717, 1.165) is 16.3 Å². The highest BCUT2D eigenvalue weighted by Crippen LogP contribution is 2.12. The minimum Gasteiger partial charge on any atom is -0.298 e. The molecule has 0 aromatic heterocycles. The van der Waals surface area contributed by atoms with E-state index in [2.05, 4.69) is 15.9 Å². The molecule has 1 atom stereocenters. The summed E-state index contributed by atoms with van der Waals surface area (Å²) in [6.07, 6.45) is 1.23. The summed E-state index contributed by atoms with van der Waals surface area (Å²) in [5.41, 5.74) is 0.823. The van der Waals surface area contributed by atoms with Gasteiger partial charge in [-0.15, -0.1) is 0 Å². The summed E-state index contributed by atoms with van der Waals surface area (Å²) in [4.78, 5) is 11.7. The second kappa shape index (κ2) is 5.10. The third-order valence-corrected chi connectivity index (χ3v) is 4.46. The van der Waals surface area contributed by atoms with Crippen LogP contribution in [-0.4, -0.2) is 25.7 Å². The second-order valence-electron chi connectivity index (χ2n) is 3.74. The van der Waals surface area contributed by atoms with Gasteiger partial charge in [-0.3, -0.25) is 4.79 Å². The third-order valence-electron chi connectivity index (χ3n) is 2.39. The minimum absolute atomic E-state index is 0.154. The molecule has 0 aliphatic heterocycles. The zero-order valence-corrected chi connectivity index (χ0v) is 11.5. The highest BCUT2D eigenvalue weighted by atomic mass is 79.9. The Morgan fingerprint density at radius 3 is 2.25 bits per heavy atom. The number of Topliss-reactive ketones (excluding diaryl/α,β-unsaturated/α-hetero) is 1. The Hall–Kier alpha value is -0.680. The molecule has 0 aliphatic carbocycles. The van der Waals surface area contributed by atoms with E-state index in [-0.39, 0.29) is 12.2 Å². The van der Waals surface area contributed by atoms with E-state index in [1.54, 1.807) is 12.1 Å². The smallest absolute Gasteiger partial charge is 0.157 e. The number of carbonyl (C=O) groups is 1. The first-order valence-electron chi connectivity index (χ1n) is 4.76. The van der Waals surface area contributed by atoms with Gasteiger partial charge in [0.2, 0.25) is 0 Å². The summed E-state index contributed by atoms with van der Waals surface area (Å²) in [5.74, 6) is -0.273. The number of rotatable bonds is 4. The molecule has 0 amide bonds. The quantitative estimate of drug-likeness (QED) is 0.855. The maximum Gasteiger partial charge on any atom is 0.157 e. The lowest BCUT2D eigenvalue weighted by Crippen LogP contribution is -2.27. The van der Waals surface area contributed by atoms with Crippen molar-refractivity contribution in [2.24, 2.45) is 0 Å². The zero-order chi connectivity index (χ0) is 12.3. The first kappa shape index (κ1) is 13.4. The standard InChI is InChI=1S/C11H13BrO3S/c1-8(16(2,14)15)11(13)7-9-3-5-10(12)6-4-9/h3-6,8H,7H2,1-2H3. The van der Waals surface area contributed by atoms with E-state index < -0.39 is 15.1 Å². The maximum atomic E-state index is 11.7. The second-order valence-corrected chi connectivity index (χ2v) is 7.02. The summed E-state index contributed by atoms with van der Waals surface area (Å²) in [7, 11) is -3.29. The lowest BCUT2D eigenvalue weighted by molar-refractivity contribution is -0.117. The minimum atomic E-state index is -3.29. The van der Waals surface area contributed by atoms with E-state index in [1.165, 1.54) is 6.92 Å². The van der Waals surface area contributed by atoms with E-state index in [9.17, 15) is 13.2 Å². The van der Waals surface area contributed by atoms with Crippen molar-refractivity contribution in [2.75, 3.05) is 6.26 Å². The fraction of sp³-hybridized carbons (Fsp3) is 0.364. The van der Waals surface area contributed by atoms with Crippen molar-refractivity contribution in [3.63, 3.8) is 0 Å². The molecule has 0 saturated carbocycles. The topological polar surface area (TPSA) is 51.2 Å². The number of carbonyl (C=O) groups excluding carboxylic acids is 1. The molecule has 5 heteroatoms. The molecule has 0 saturated heterocycles. The van der Waals surface area contributed by atoms with Crippen molar-refractivity contribution in [3.05, 3.63) is 34.3 Å². The SMILES string of the molecule is CC(C(=O)Cc1ccc(Br)cc1)S(C)(=O)=O. The number of ketones is 1. The normalized spacial score (nSPS) is 13.4. The largest absolute Gasteiger partial charge is 0.298 e. The van der Waals surface area contributed by atoms with Gasteiger partial charge in [-0.05, 0) is 24.6 Å². The first-order chi connectivity index (χ1) is 7.30. The van der Waals surface area contributed by atoms with Gasteiger partial charge in [0.05, 0.1) is 0 Å². The lowest BCUT2D eigenvalue weighted by Gasteiger charge is -2.08. The Labute approximate surface area is 104 Å². The molecule has 1 aromatic rings. The van der Waals surface area contributed by atoms with Crippen LogP contribution < -0.4 is 0 Å². The number of hydrogen-bond acceptors (Lipinski definition) is 3. The van der Waals surface area contributed by atoms with Crippen LogP contribution in [0.3, 0.4) is 0 Å². The van der Waals surface area contributed by atoms with E-state index in [4.69, 9.17) is 0 Å². The van der Waals surface area contributed by atoms with Gasteiger partial charge in [0.25, 0.3) is 0 Å². The first-order valence-corrected chi connectivity index (χ1v) is 7.51. The van der Waals surface area contributed by atoms with Crippen LogP contribution in [0.1, 0.15) is 12.5 Å². The molecule has 16 heavy (non-hydrogen) atoms. The molecule has 1 aromatic carbocycles. The third kappa shape index (κ3) is 3.72. The highest BCUT2D eigenvalue weighted by molar-refractivity contribution is 9.10. The highest BCUT2D eigenvalue weighted by Gasteiger charge is 2.23. The van der Waals surface area contributed by atoms with Gasteiger partial charge in [-0.2, -0.15) is 0 Å². The van der Waals surface area contributed by atoms with Crippen LogP contribution in [-0.2, 0) is 21.1 Å². The van der Waals surface area contributed by atoms with Crippen molar-refractivity contribution in [1.82, 2.24) is 0 Å². The summed E-state index contributed by atoms with van der Waals surface area (Å²) in [6.45, 7) is 1.43. The summed E-state index contributed by atoms with van der Waals surface area (Å²) >= 11 is 3.29. The van der Waals surface area contributed by atoms with Crippen LogP contribution in [0.15, 0.2) is 28.7 Å². The average molecular weight is 305 g/mol. The Bertz CT molecular complexity index is 476. The Kier molecular flexibility index (Phi) is 4.27. The predicted molar refractivity (Wildman–Crippen MR) is 67.2 cm³/mol. The van der Waals surface area contributed by atoms with E-state index in [1.807, 2.05) is 12.1 Å². The fourth-order valence-corrected chi connectivity index (χ4v) is 2.01. The van der Waals surface area contributed by atoms with Crippen LogP contribution in [0.25, 0.3) is 0 Å². The molecule has 1 rings (SSSR count). The molecule has 0 radical (unpaired) electrons. The summed E-state index contributed by atoms with van der Waals surface area (Å²) < 4.78 is 23.3. The Balaban J connectivity index is 2.76. The number of hydrogen-bond donors (Lipinski definition) is 0. The molecule has 0 heterocycles. The van der Waals surface area contributed by atoms with Gasteiger partial charge < -0.3 is 0 Å². The van der Waals surface area contributed by atoms with E-state index >= 15 is 0 Å². The fourth-order valence-electron chi connectivity index (χ4n) is 1.19. The average Bonchev–Trinajstić information content (AvgIpc) is 2.19. The van der Waals surface area contributed by atoms with Crippen LogP contribution in [0.4, 0.5) is 0 Å². The zero-order valence-electron chi connectivity index (χ0n) is 9.10. The van der Waals surface area contributed by atoms with Gasteiger partial charge in [0, 0.05) is 17.1 Å². The molecule has 88 valence electrons. The van der Waals surface area contributed by atoms with Crippen molar-refractivity contribution in [2.45, 2.75) is 18.6 Å². The molecule has 1 unspecified atom stereocenters. The maximum absolute atomic E-state index is 11.7. The van der Waals surface area contributed by atoms with Gasteiger partial charge in [-0.25, -0.2) is 8.42 Å². The number of sulfone groups is 1. The molecule has 0 N–H and O–H groups in total. The molecule has 3 nitrogen and oxygen atoms in total. The molecule has 0 bridgehead atoms. The molecular weight excluding hydrogens is 292 g/mol. The molecule has 0 fully saturated rings. The van der Waals surface area contributed by atoms with Gasteiger partial charge >= 0.3 is 0 Å². The number of benzene rings is 1. The molecule has 0 aliphatic rings. The van der Waals surface area contributed by atoms with Crippen LogP contribution in [0, 0.1) is 0 Å². The summed E-state index contributed by atoms with van der Waals surface area (Å²) in [6, 6.07) is 7.26. The van der Waals surface area contributed by atoms with E-state index in [0.29, 0.717) is 0 Å².